The molecule has 10 aromatic carbocycles. The van der Waals surface area contributed by atoms with E-state index in [4.69, 9.17) is 4.99 Å². The molecule has 54 heavy (non-hydrogen) atoms. The maximum absolute atomic E-state index is 5.23. The van der Waals surface area contributed by atoms with Gasteiger partial charge in [-0.2, -0.15) is 0 Å². The Bertz CT molecular complexity index is 3060. The van der Waals surface area contributed by atoms with E-state index in [2.05, 4.69) is 194 Å². The molecule has 0 aromatic heterocycles. The number of aliphatic imine (C=N–C) groups is 1. The molecular weight excluding hydrogens is 651 g/mol. The zero-order chi connectivity index (χ0) is 35.8. The summed E-state index contributed by atoms with van der Waals surface area (Å²) in [5.41, 5.74) is 9.05. The van der Waals surface area contributed by atoms with E-state index < -0.39 is 0 Å². The van der Waals surface area contributed by atoms with Crippen molar-refractivity contribution in [1.29, 1.82) is 0 Å². The third-order valence-electron chi connectivity index (χ3n) is 10.7. The second kappa shape index (κ2) is 13.5. The molecule has 0 amide bonds. The third kappa shape index (κ3) is 5.55. The summed E-state index contributed by atoms with van der Waals surface area (Å²) in [6.45, 7) is 0. The largest absolute Gasteiger partial charge is 0.248 e. The smallest absolute Gasteiger partial charge is 0.0715 e. The van der Waals surface area contributed by atoms with Crippen molar-refractivity contribution >= 4 is 71.3 Å². The van der Waals surface area contributed by atoms with Gasteiger partial charge in [0.2, 0.25) is 0 Å². The average molecular weight is 686 g/mol. The summed E-state index contributed by atoms with van der Waals surface area (Å²) < 4.78 is 0. The standard InChI is InChI=1S/C53H35N/c1-3-16-39(17-4-1)51-45-23-11-12-24-46(45)52(53-44-22-10-8-15-38(44)33-34-48(51)53)41-29-26-36(27-30-41)28-35-49(54-42-19-5-2-6-20-42)47-25-13-18-40-32-31-37-14-7-9-21-43(37)50(40)47/h1-35H/b35-28+,54-49?. The first-order chi connectivity index (χ1) is 26.8. The van der Waals surface area contributed by atoms with Crippen molar-refractivity contribution < 1.29 is 0 Å². The van der Waals surface area contributed by atoms with Crippen molar-refractivity contribution in [3.05, 3.63) is 217 Å². The van der Waals surface area contributed by atoms with Crippen molar-refractivity contribution in [2.75, 3.05) is 0 Å². The van der Waals surface area contributed by atoms with Gasteiger partial charge in [-0.05, 0) is 99.9 Å². The van der Waals surface area contributed by atoms with Gasteiger partial charge < -0.3 is 0 Å². The Morgan fingerprint density at radius 2 is 0.889 bits per heavy atom. The highest BCUT2D eigenvalue weighted by Crippen LogP contribution is 2.46. The molecule has 0 atom stereocenters. The van der Waals surface area contributed by atoms with E-state index in [0.717, 1.165) is 22.5 Å². The lowest BCUT2D eigenvalue weighted by atomic mass is 9.84. The van der Waals surface area contributed by atoms with Gasteiger partial charge in [0.05, 0.1) is 11.4 Å². The zero-order valence-corrected chi connectivity index (χ0v) is 29.7. The van der Waals surface area contributed by atoms with Crippen molar-refractivity contribution in [3.63, 3.8) is 0 Å². The molecule has 1 nitrogen and oxygen atoms in total. The molecule has 0 fully saturated rings. The number of rotatable bonds is 6. The van der Waals surface area contributed by atoms with Crippen molar-refractivity contribution in [2.24, 2.45) is 4.99 Å². The fraction of sp³-hybridized carbons (Fsp3) is 0. The van der Waals surface area contributed by atoms with Gasteiger partial charge in [-0.3, -0.25) is 0 Å². The number of allylic oxidation sites excluding steroid dienone is 1. The van der Waals surface area contributed by atoms with Crippen molar-refractivity contribution in [2.45, 2.75) is 0 Å². The number of hydrogen-bond donors (Lipinski definition) is 0. The average Bonchev–Trinajstić information content (AvgIpc) is 3.24. The summed E-state index contributed by atoms with van der Waals surface area (Å²) in [6.07, 6.45) is 4.37. The quantitative estimate of drug-likeness (QED) is 0.0938. The lowest BCUT2D eigenvalue weighted by molar-refractivity contribution is 1.51. The van der Waals surface area contributed by atoms with Crippen LogP contribution in [0.5, 0.6) is 0 Å². The molecule has 0 saturated heterocycles. The maximum Gasteiger partial charge on any atom is 0.0715 e. The van der Waals surface area contributed by atoms with Crippen LogP contribution < -0.4 is 0 Å². The zero-order valence-electron chi connectivity index (χ0n) is 29.7. The molecule has 0 spiro atoms. The first-order valence-corrected chi connectivity index (χ1v) is 18.5. The van der Waals surface area contributed by atoms with E-state index in [1.54, 1.807) is 0 Å². The molecule has 0 aliphatic carbocycles. The number of para-hydroxylation sites is 1. The van der Waals surface area contributed by atoms with Gasteiger partial charge in [0, 0.05) is 5.56 Å². The lowest BCUT2D eigenvalue weighted by Crippen LogP contribution is -1.98. The van der Waals surface area contributed by atoms with Crippen molar-refractivity contribution in [1.82, 2.24) is 0 Å². The molecule has 1 heteroatoms. The van der Waals surface area contributed by atoms with Crippen LogP contribution in [0.1, 0.15) is 11.1 Å². The van der Waals surface area contributed by atoms with E-state index in [1.165, 1.54) is 76.1 Å². The Labute approximate surface area is 314 Å². The molecule has 0 bridgehead atoms. The molecule has 0 aliphatic rings. The summed E-state index contributed by atoms with van der Waals surface area (Å²) in [5.74, 6) is 0. The molecule has 0 unspecified atom stereocenters. The van der Waals surface area contributed by atoms with Crippen LogP contribution in [-0.4, -0.2) is 5.71 Å². The maximum atomic E-state index is 5.23. The number of fused-ring (bicyclic) bond motifs is 7. The monoisotopic (exact) mass is 685 g/mol. The Morgan fingerprint density at radius 1 is 0.352 bits per heavy atom. The van der Waals surface area contributed by atoms with Crippen LogP contribution >= 0.6 is 0 Å². The second-order valence-corrected chi connectivity index (χ2v) is 13.8. The van der Waals surface area contributed by atoms with E-state index in [-0.39, 0.29) is 0 Å². The first-order valence-electron chi connectivity index (χ1n) is 18.5. The van der Waals surface area contributed by atoms with E-state index in [9.17, 15) is 0 Å². The Balaban J connectivity index is 1.13. The van der Waals surface area contributed by atoms with Gasteiger partial charge in [-0.15, -0.1) is 0 Å². The summed E-state index contributed by atoms with van der Waals surface area (Å²) >= 11 is 0. The first kappa shape index (κ1) is 31.6. The Hall–Kier alpha value is -7.09. The van der Waals surface area contributed by atoms with E-state index >= 15 is 0 Å². The summed E-state index contributed by atoms with van der Waals surface area (Å²) in [6, 6.07) is 71.9. The minimum Gasteiger partial charge on any atom is -0.248 e. The normalized spacial score (nSPS) is 12.1. The third-order valence-corrected chi connectivity index (χ3v) is 10.7. The highest BCUT2D eigenvalue weighted by molar-refractivity contribution is 6.28. The summed E-state index contributed by atoms with van der Waals surface area (Å²) in [5, 5.41) is 12.4. The summed E-state index contributed by atoms with van der Waals surface area (Å²) in [7, 11) is 0. The van der Waals surface area contributed by atoms with Gasteiger partial charge in [0.25, 0.3) is 0 Å². The van der Waals surface area contributed by atoms with Gasteiger partial charge in [0.1, 0.15) is 0 Å². The Kier molecular flexibility index (Phi) is 7.89. The second-order valence-electron chi connectivity index (χ2n) is 13.8. The topological polar surface area (TPSA) is 12.4 Å². The number of nitrogens with zero attached hydrogens (tertiary/aromatic N) is 1. The highest BCUT2D eigenvalue weighted by Gasteiger charge is 2.18. The van der Waals surface area contributed by atoms with Gasteiger partial charge in [0.15, 0.2) is 0 Å². The van der Waals surface area contributed by atoms with Gasteiger partial charge in [-0.1, -0.05) is 194 Å². The van der Waals surface area contributed by atoms with Crippen molar-refractivity contribution in [3.8, 4) is 22.3 Å². The fourth-order valence-corrected chi connectivity index (χ4v) is 8.20. The minimum absolute atomic E-state index is 0.923. The van der Waals surface area contributed by atoms with Crippen LogP contribution in [0.4, 0.5) is 5.69 Å². The molecular formula is C53H35N. The van der Waals surface area contributed by atoms with Gasteiger partial charge in [-0.25, -0.2) is 4.99 Å². The predicted molar refractivity (Wildman–Crippen MR) is 233 cm³/mol. The molecule has 0 radical (unpaired) electrons. The summed E-state index contributed by atoms with van der Waals surface area (Å²) in [4.78, 5) is 5.23. The molecule has 0 saturated carbocycles. The SMILES string of the molecule is C(=C\c1ccc(-c2c3ccccc3c(-c3ccccc3)c3ccc4ccccc4c23)cc1)/C(=Nc1ccccc1)c1cccc2ccc3ccccc3c12. The van der Waals surface area contributed by atoms with Crippen LogP contribution in [0.2, 0.25) is 0 Å². The van der Waals surface area contributed by atoms with Crippen LogP contribution in [0.15, 0.2) is 211 Å². The number of benzene rings is 10. The molecule has 252 valence electrons. The Morgan fingerprint density at radius 3 is 1.61 bits per heavy atom. The predicted octanol–water partition coefficient (Wildman–Crippen LogP) is 14.6. The molecule has 10 rings (SSSR count). The van der Waals surface area contributed by atoms with Crippen LogP contribution in [0.25, 0.3) is 82.2 Å². The molecule has 0 N–H and O–H groups in total. The molecule has 0 aliphatic heterocycles. The minimum atomic E-state index is 0.923. The molecule has 10 aromatic rings. The fourth-order valence-electron chi connectivity index (χ4n) is 8.20. The van der Waals surface area contributed by atoms with Crippen LogP contribution in [0, 0.1) is 0 Å². The number of hydrogen-bond acceptors (Lipinski definition) is 1. The van der Waals surface area contributed by atoms with Crippen LogP contribution in [-0.2, 0) is 0 Å². The van der Waals surface area contributed by atoms with Gasteiger partial charge >= 0.3 is 0 Å². The lowest BCUT2D eigenvalue weighted by Gasteiger charge is -2.19. The molecule has 0 heterocycles. The van der Waals surface area contributed by atoms with E-state index in [1.807, 2.05) is 18.2 Å². The highest BCUT2D eigenvalue weighted by atomic mass is 14.7. The van der Waals surface area contributed by atoms with Crippen LogP contribution in [0.3, 0.4) is 0 Å². The van der Waals surface area contributed by atoms with E-state index in [0.29, 0.717) is 0 Å².